The van der Waals surface area contributed by atoms with Gasteiger partial charge in [-0.2, -0.15) is 0 Å². The van der Waals surface area contributed by atoms with Crippen molar-refractivity contribution in [2.75, 3.05) is 0 Å². The minimum absolute atomic E-state index is 0.107. The number of fused-ring (bicyclic) bond motifs is 6. The molecule has 1 aliphatic heterocycles. The van der Waals surface area contributed by atoms with Crippen LogP contribution in [0, 0.1) is 0 Å². The van der Waals surface area contributed by atoms with Crippen LogP contribution in [0.15, 0.2) is 175 Å². The zero-order chi connectivity index (χ0) is 33.0. The number of aromatic nitrogens is 3. The summed E-state index contributed by atoms with van der Waals surface area (Å²) < 4.78 is 4.66. The molecular formula is C44H32N6. The topological polar surface area (TPSA) is 59.2 Å². The molecule has 0 saturated carbocycles. The van der Waals surface area contributed by atoms with Gasteiger partial charge >= 0.3 is 0 Å². The van der Waals surface area contributed by atoms with Crippen molar-refractivity contribution in [1.82, 2.24) is 24.8 Å². The second-order valence-electron chi connectivity index (χ2n) is 12.8. The smallest absolute Gasteiger partial charge is 0.137 e. The van der Waals surface area contributed by atoms with Gasteiger partial charge in [-0.3, -0.25) is 9.88 Å². The maximum absolute atomic E-state index is 5.13. The van der Waals surface area contributed by atoms with Crippen molar-refractivity contribution in [2.24, 2.45) is 4.99 Å². The van der Waals surface area contributed by atoms with Gasteiger partial charge in [-0.05, 0) is 59.7 Å². The van der Waals surface area contributed by atoms with Crippen LogP contribution in [0.4, 0.5) is 0 Å². The van der Waals surface area contributed by atoms with E-state index in [0.29, 0.717) is 0 Å². The number of benzene rings is 6. The van der Waals surface area contributed by atoms with Crippen molar-refractivity contribution in [3.63, 3.8) is 0 Å². The molecule has 0 fully saturated rings. The Labute approximate surface area is 289 Å². The Balaban J connectivity index is 1.13. The third-order valence-corrected chi connectivity index (χ3v) is 9.84. The number of aliphatic imine (C=N–C) groups is 1. The highest BCUT2D eigenvalue weighted by Crippen LogP contribution is 2.39. The summed E-state index contributed by atoms with van der Waals surface area (Å²) >= 11 is 0. The minimum Gasteiger partial charge on any atom is -0.350 e. The molecule has 0 radical (unpaired) electrons. The second-order valence-corrected chi connectivity index (χ2v) is 12.8. The number of nitrogens with one attached hydrogen (secondary N) is 2. The molecule has 9 aromatic rings. The van der Waals surface area contributed by atoms with Crippen LogP contribution < -0.4 is 10.6 Å². The summed E-state index contributed by atoms with van der Waals surface area (Å²) in [7, 11) is 0. The van der Waals surface area contributed by atoms with E-state index in [1.54, 1.807) is 0 Å². The Morgan fingerprint density at radius 1 is 0.480 bits per heavy atom. The number of pyridine rings is 1. The molecule has 2 N–H and O–H groups in total. The fraction of sp³-hybridized carbons (Fsp3) is 0.0455. The third-order valence-electron chi connectivity index (χ3n) is 9.84. The number of para-hydroxylation sites is 3. The first-order valence-electron chi connectivity index (χ1n) is 17.0. The van der Waals surface area contributed by atoms with Gasteiger partial charge in [-0.25, -0.2) is 9.98 Å². The molecule has 0 spiro atoms. The summed E-state index contributed by atoms with van der Waals surface area (Å²) in [6.07, 6.45) is 1.63. The number of nitrogens with zero attached hydrogens (tertiary/aromatic N) is 4. The van der Waals surface area contributed by atoms with Gasteiger partial charge in [0.2, 0.25) is 0 Å². The minimum atomic E-state index is -0.201. The van der Waals surface area contributed by atoms with Crippen molar-refractivity contribution in [3.8, 4) is 11.5 Å². The van der Waals surface area contributed by atoms with Gasteiger partial charge in [-0.15, -0.1) is 0 Å². The van der Waals surface area contributed by atoms with E-state index in [1.807, 2.05) is 18.3 Å². The van der Waals surface area contributed by atoms with E-state index >= 15 is 0 Å². The van der Waals surface area contributed by atoms with Crippen LogP contribution in [0.2, 0.25) is 0 Å². The van der Waals surface area contributed by atoms with Crippen LogP contribution in [-0.2, 0) is 0 Å². The van der Waals surface area contributed by atoms with Crippen LogP contribution in [0.1, 0.15) is 29.0 Å². The van der Waals surface area contributed by atoms with Crippen LogP contribution in [-0.4, -0.2) is 20.0 Å². The molecule has 0 amide bonds. The first-order valence-corrected chi connectivity index (χ1v) is 17.0. The molecule has 0 saturated heterocycles. The number of amidine groups is 1. The Morgan fingerprint density at radius 2 is 1.06 bits per heavy atom. The lowest BCUT2D eigenvalue weighted by molar-refractivity contribution is 0.409. The van der Waals surface area contributed by atoms with Crippen LogP contribution >= 0.6 is 0 Å². The predicted molar refractivity (Wildman–Crippen MR) is 204 cm³/mol. The maximum Gasteiger partial charge on any atom is 0.137 e. The van der Waals surface area contributed by atoms with Crippen LogP contribution in [0.3, 0.4) is 0 Å². The summed E-state index contributed by atoms with van der Waals surface area (Å²) in [5, 5.41) is 12.2. The first kappa shape index (κ1) is 28.5. The standard InChI is InChI=1S/C44H32N6/c1-4-14-29(15-5-1)42-46-43(30-16-6-2-7-17-30)48-44(47-42)31-24-25-41(45-28-31)50-38-23-13-11-21-34(38)36-26-35-33-20-10-12-22-37(33)49(39(35)27-40(36)50)32-18-8-3-9-19-32/h1-28,42-43,46H,(H,47,48). The van der Waals surface area contributed by atoms with Crippen LogP contribution in [0.25, 0.3) is 55.1 Å². The van der Waals surface area contributed by atoms with Gasteiger partial charge in [0.15, 0.2) is 0 Å². The molecule has 6 heteroatoms. The van der Waals surface area contributed by atoms with E-state index in [-0.39, 0.29) is 12.3 Å². The molecule has 4 heterocycles. The summed E-state index contributed by atoms with van der Waals surface area (Å²) in [6, 6.07) is 57.7. The molecule has 238 valence electrons. The lowest BCUT2D eigenvalue weighted by atomic mass is 10.1. The fourth-order valence-electron chi connectivity index (χ4n) is 7.52. The van der Waals surface area contributed by atoms with E-state index in [2.05, 4.69) is 171 Å². The van der Waals surface area contributed by atoms with Gasteiger partial charge < -0.3 is 9.88 Å². The van der Waals surface area contributed by atoms with Crippen molar-refractivity contribution in [3.05, 3.63) is 187 Å². The lowest BCUT2D eigenvalue weighted by Crippen LogP contribution is -2.45. The van der Waals surface area contributed by atoms with Gasteiger partial charge in [0.1, 0.15) is 24.0 Å². The summed E-state index contributed by atoms with van der Waals surface area (Å²) in [5.41, 5.74) is 8.93. The van der Waals surface area contributed by atoms with E-state index in [4.69, 9.17) is 9.98 Å². The molecule has 0 bridgehead atoms. The molecule has 6 aromatic carbocycles. The molecule has 3 aromatic heterocycles. The summed E-state index contributed by atoms with van der Waals surface area (Å²) in [5.74, 6) is 1.66. The zero-order valence-corrected chi connectivity index (χ0v) is 27.1. The zero-order valence-electron chi connectivity index (χ0n) is 27.1. The van der Waals surface area contributed by atoms with Crippen molar-refractivity contribution in [1.29, 1.82) is 0 Å². The SMILES string of the molecule is c1ccc(C2N=C(c3ccc(-n4c5ccccc5c5cc6c7ccccc7n(-c7ccccc7)c6cc54)nc3)NC(c3ccccc3)N2)cc1. The maximum atomic E-state index is 5.13. The summed E-state index contributed by atoms with van der Waals surface area (Å²) in [6.45, 7) is 0. The predicted octanol–water partition coefficient (Wildman–Crippen LogP) is 9.61. The van der Waals surface area contributed by atoms with Gasteiger partial charge in [0.05, 0.1) is 22.1 Å². The van der Waals surface area contributed by atoms with Crippen molar-refractivity contribution in [2.45, 2.75) is 12.3 Å². The van der Waals surface area contributed by atoms with Crippen molar-refractivity contribution < 1.29 is 0 Å². The number of rotatable bonds is 5. The average molecular weight is 645 g/mol. The van der Waals surface area contributed by atoms with Crippen LogP contribution in [0.5, 0.6) is 0 Å². The number of hydrogen-bond acceptors (Lipinski definition) is 4. The molecular weight excluding hydrogens is 613 g/mol. The normalized spacial score (nSPS) is 16.2. The van der Waals surface area contributed by atoms with Gasteiger partial charge in [0, 0.05) is 39.0 Å². The molecule has 50 heavy (non-hydrogen) atoms. The Morgan fingerprint density at radius 3 is 1.72 bits per heavy atom. The summed E-state index contributed by atoms with van der Waals surface area (Å²) in [4.78, 5) is 10.2. The highest BCUT2D eigenvalue weighted by atomic mass is 15.3. The van der Waals surface area contributed by atoms with Gasteiger partial charge in [-0.1, -0.05) is 115 Å². The first-order chi connectivity index (χ1) is 24.8. The van der Waals surface area contributed by atoms with E-state index in [0.717, 1.165) is 50.6 Å². The largest absolute Gasteiger partial charge is 0.350 e. The highest BCUT2D eigenvalue weighted by molar-refractivity contribution is 6.19. The lowest BCUT2D eigenvalue weighted by Gasteiger charge is -2.32. The van der Waals surface area contributed by atoms with E-state index in [1.165, 1.54) is 27.1 Å². The quantitative estimate of drug-likeness (QED) is 0.196. The van der Waals surface area contributed by atoms with E-state index in [9.17, 15) is 0 Å². The van der Waals surface area contributed by atoms with Crippen molar-refractivity contribution >= 4 is 49.4 Å². The van der Waals surface area contributed by atoms with E-state index < -0.39 is 0 Å². The molecule has 1 aliphatic rings. The Bertz CT molecular complexity index is 2690. The fourth-order valence-corrected chi connectivity index (χ4v) is 7.52. The third kappa shape index (κ3) is 4.61. The average Bonchev–Trinajstić information content (AvgIpc) is 3.70. The molecule has 0 aliphatic carbocycles. The highest BCUT2D eigenvalue weighted by Gasteiger charge is 2.26. The Kier molecular flexibility index (Phi) is 6.60. The monoisotopic (exact) mass is 644 g/mol. The molecule has 10 rings (SSSR count). The molecule has 6 nitrogen and oxygen atoms in total. The number of hydrogen-bond donors (Lipinski definition) is 2. The molecule has 2 unspecified atom stereocenters. The molecule has 2 atom stereocenters. The van der Waals surface area contributed by atoms with Gasteiger partial charge in [0.25, 0.3) is 0 Å². The Hall–Kier alpha value is -6.50. The second kappa shape index (κ2) is 11.6.